The Hall–Kier alpha value is -2.12. The van der Waals surface area contributed by atoms with Gasteiger partial charge in [-0.15, -0.1) is 0 Å². The molecule has 3 heterocycles. The molecule has 25 heavy (non-hydrogen) atoms. The van der Waals surface area contributed by atoms with Gasteiger partial charge in [-0.1, -0.05) is 11.6 Å². The monoisotopic (exact) mass is 358 g/mol. The lowest BCUT2D eigenvalue weighted by atomic mass is 10.1. The number of aromatic nitrogens is 3. The van der Waals surface area contributed by atoms with Gasteiger partial charge >= 0.3 is 0 Å². The molecule has 132 valence electrons. The summed E-state index contributed by atoms with van der Waals surface area (Å²) in [5, 5.41) is 8.03. The number of rotatable bonds is 2. The normalized spacial score (nSPS) is 16.1. The summed E-state index contributed by atoms with van der Waals surface area (Å²) in [6.07, 6.45) is 1.41. The van der Waals surface area contributed by atoms with Crippen LogP contribution in [0.2, 0.25) is 0 Å². The van der Waals surface area contributed by atoms with E-state index >= 15 is 0 Å². The quantitative estimate of drug-likeness (QED) is 0.739. The highest BCUT2D eigenvalue weighted by Crippen LogP contribution is 2.29. The number of nitrogens with zero attached hydrogens (tertiary/aromatic N) is 2. The van der Waals surface area contributed by atoms with E-state index in [0.717, 1.165) is 11.2 Å². The Morgan fingerprint density at radius 3 is 2.60 bits per heavy atom. The molecular weight excluding hydrogens is 336 g/mol. The number of aryl methyl sites for hydroxylation is 3. The highest BCUT2D eigenvalue weighted by Gasteiger charge is 2.31. The average molecular weight is 358 g/mol. The summed E-state index contributed by atoms with van der Waals surface area (Å²) < 4.78 is 27.8. The summed E-state index contributed by atoms with van der Waals surface area (Å²) in [6.45, 7) is 6.53. The number of benzene rings is 1. The number of hydrogen-bond donors (Lipinski definition) is 2. The fourth-order valence-electron chi connectivity index (χ4n) is 3.79. The summed E-state index contributed by atoms with van der Waals surface area (Å²) in [6, 6.07) is 6.38. The number of sulfonamides is 1. The number of hydrogen-bond acceptors (Lipinski definition) is 3. The van der Waals surface area contributed by atoms with Gasteiger partial charge < -0.3 is 4.98 Å². The van der Waals surface area contributed by atoms with Crippen molar-refractivity contribution in [3.05, 3.63) is 46.4 Å². The Kier molecular flexibility index (Phi) is 3.73. The first kappa shape index (κ1) is 16.4. The smallest absolute Gasteiger partial charge is 0.246 e. The van der Waals surface area contributed by atoms with Crippen LogP contribution in [0.25, 0.3) is 10.9 Å². The average Bonchev–Trinajstić information content (AvgIpc) is 2.98. The molecule has 0 amide bonds. The lowest BCUT2D eigenvalue weighted by molar-refractivity contribution is 0.425. The summed E-state index contributed by atoms with van der Waals surface area (Å²) in [5.74, 6) is 0. The van der Waals surface area contributed by atoms with Gasteiger partial charge in [0.2, 0.25) is 10.0 Å². The third-order valence-electron chi connectivity index (χ3n) is 5.03. The predicted molar refractivity (Wildman–Crippen MR) is 97.3 cm³/mol. The van der Waals surface area contributed by atoms with Crippen LogP contribution in [-0.4, -0.2) is 41.0 Å². The van der Waals surface area contributed by atoms with Crippen LogP contribution in [-0.2, 0) is 22.9 Å². The van der Waals surface area contributed by atoms with E-state index in [9.17, 15) is 8.42 Å². The van der Waals surface area contributed by atoms with Crippen molar-refractivity contribution in [1.29, 1.82) is 0 Å². The highest BCUT2D eigenvalue weighted by atomic mass is 32.2. The first-order chi connectivity index (χ1) is 11.9. The molecule has 4 rings (SSSR count). The molecule has 2 aromatic heterocycles. The van der Waals surface area contributed by atoms with E-state index in [2.05, 4.69) is 40.3 Å². The lowest BCUT2D eigenvalue weighted by Gasteiger charge is -2.20. The van der Waals surface area contributed by atoms with Crippen molar-refractivity contribution in [2.45, 2.75) is 38.5 Å². The van der Waals surface area contributed by atoms with Crippen LogP contribution in [0.4, 0.5) is 0 Å². The van der Waals surface area contributed by atoms with Crippen LogP contribution in [0.1, 0.15) is 28.2 Å². The molecule has 0 spiro atoms. The van der Waals surface area contributed by atoms with Crippen molar-refractivity contribution in [3.8, 4) is 0 Å². The first-order valence-electron chi connectivity index (χ1n) is 8.49. The van der Waals surface area contributed by atoms with Crippen LogP contribution >= 0.6 is 0 Å². The van der Waals surface area contributed by atoms with Crippen LogP contribution in [0.3, 0.4) is 0 Å². The molecule has 0 saturated heterocycles. The molecule has 1 aliphatic heterocycles. The predicted octanol–water partition coefficient (Wildman–Crippen LogP) is 2.61. The van der Waals surface area contributed by atoms with Crippen molar-refractivity contribution < 1.29 is 8.42 Å². The summed E-state index contributed by atoms with van der Waals surface area (Å²) in [4.78, 5) is 3.79. The minimum atomic E-state index is -3.53. The molecule has 0 bridgehead atoms. The van der Waals surface area contributed by atoms with Crippen LogP contribution in [0.15, 0.2) is 23.1 Å². The molecule has 0 fully saturated rings. The van der Waals surface area contributed by atoms with Crippen LogP contribution in [0, 0.1) is 20.8 Å². The molecule has 0 unspecified atom stereocenters. The molecule has 7 heteroatoms. The van der Waals surface area contributed by atoms with E-state index in [1.165, 1.54) is 16.5 Å². The van der Waals surface area contributed by atoms with Gasteiger partial charge in [0, 0.05) is 36.1 Å². The maximum atomic E-state index is 13.1. The largest absolute Gasteiger partial charge is 0.358 e. The third-order valence-corrected chi connectivity index (χ3v) is 7.19. The van der Waals surface area contributed by atoms with Crippen molar-refractivity contribution in [2.75, 3.05) is 13.1 Å². The van der Waals surface area contributed by atoms with Crippen LogP contribution in [0.5, 0.6) is 0 Å². The number of aromatic amines is 2. The Bertz CT molecular complexity index is 1040. The minimum Gasteiger partial charge on any atom is -0.358 e. The first-order valence-corrected chi connectivity index (χ1v) is 9.93. The zero-order valence-corrected chi connectivity index (χ0v) is 15.5. The summed E-state index contributed by atoms with van der Waals surface area (Å²) in [7, 11) is -3.53. The lowest BCUT2D eigenvalue weighted by Crippen LogP contribution is -2.34. The number of nitrogens with one attached hydrogen (secondary N) is 2. The Morgan fingerprint density at radius 2 is 1.88 bits per heavy atom. The zero-order chi connectivity index (χ0) is 17.8. The minimum absolute atomic E-state index is 0.318. The summed E-state index contributed by atoms with van der Waals surface area (Å²) >= 11 is 0. The number of H-pyrrole nitrogens is 2. The van der Waals surface area contributed by atoms with Crippen molar-refractivity contribution in [2.24, 2.45) is 0 Å². The molecule has 1 aliphatic rings. The fourth-order valence-corrected chi connectivity index (χ4v) is 5.56. The second-order valence-corrected chi connectivity index (χ2v) is 8.67. The molecule has 0 saturated carbocycles. The second kappa shape index (κ2) is 5.71. The maximum absolute atomic E-state index is 13.1. The van der Waals surface area contributed by atoms with Crippen molar-refractivity contribution in [3.63, 3.8) is 0 Å². The van der Waals surface area contributed by atoms with Gasteiger partial charge in [-0.25, -0.2) is 8.42 Å². The molecule has 1 aromatic carbocycles. The molecule has 3 aromatic rings. The van der Waals surface area contributed by atoms with Gasteiger partial charge in [-0.3, -0.25) is 5.10 Å². The van der Waals surface area contributed by atoms with Gasteiger partial charge in [0.15, 0.2) is 0 Å². The standard InChI is InChI=1S/C18H22N4O2S/c1-11-4-5-16-15(10-11)14-6-8-22(9-7-17(14)19-16)25(23,24)18-12(2)20-21-13(18)3/h4-5,10,19H,6-9H2,1-3H3,(H,20,21). The number of fused-ring (bicyclic) bond motifs is 3. The maximum Gasteiger partial charge on any atom is 0.246 e. The van der Waals surface area contributed by atoms with Gasteiger partial charge in [0.25, 0.3) is 0 Å². The van der Waals surface area contributed by atoms with Crippen LogP contribution < -0.4 is 0 Å². The van der Waals surface area contributed by atoms with E-state index in [4.69, 9.17) is 0 Å². The Morgan fingerprint density at radius 1 is 1.12 bits per heavy atom. The van der Waals surface area contributed by atoms with Crippen molar-refractivity contribution >= 4 is 20.9 Å². The topological polar surface area (TPSA) is 81.8 Å². The van der Waals surface area contributed by atoms with E-state index in [0.29, 0.717) is 42.2 Å². The molecule has 0 atom stereocenters. The Balaban J connectivity index is 1.69. The SMILES string of the molecule is Cc1ccc2[nH]c3c(c2c1)CCN(S(=O)(=O)c1c(C)n[nH]c1C)CC3. The fraction of sp³-hybridized carbons (Fsp3) is 0.389. The van der Waals surface area contributed by atoms with Gasteiger partial charge in [-0.2, -0.15) is 9.40 Å². The summed E-state index contributed by atoms with van der Waals surface area (Å²) in [5.41, 5.74) is 5.87. The van der Waals surface area contributed by atoms with Crippen molar-refractivity contribution in [1.82, 2.24) is 19.5 Å². The second-order valence-electron chi connectivity index (χ2n) is 6.80. The van der Waals surface area contributed by atoms with Gasteiger partial charge in [0.05, 0.1) is 11.4 Å². The molecule has 0 radical (unpaired) electrons. The van der Waals surface area contributed by atoms with Gasteiger partial charge in [0.1, 0.15) is 4.90 Å². The highest BCUT2D eigenvalue weighted by molar-refractivity contribution is 7.89. The van der Waals surface area contributed by atoms with E-state index in [1.807, 2.05) is 0 Å². The molecule has 0 aliphatic carbocycles. The van der Waals surface area contributed by atoms with E-state index in [1.54, 1.807) is 18.2 Å². The van der Waals surface area contributed by atoms with E-state index < -0.39 is 10.0 Å². The molecule has 2 N–H and O–H groups in total. The van der Waals surface area contributed by atoms with Gasteiger partial charge in [-0.05, 0) is 44.9 Å². The molecule has 6 nitrogen and oxygen atoms in total. The van der Waals surface area contributed by atoms with E-state index in [-0.39, 0.29) is 0 Å². The Labute approximate surface area is 147 Å². The molecular formula is C18H22N4O2S. The third kappa shape index (κ3) is 2.58. The zero-order valence-electron chi connectivity index (χ0n) is 14.7.